The first-order valence-electron chi connectivity index (χ1n) is 5.57. The van der Waals surface area contributed by atoms with Crippen LogP contribution in [0, 0.1) is 0 Å². The predicted octanol–water partition coefficient (Wildman–Crippen LogP) is 1.80. The van der Waals surface area contributed by atoms with E-state index in [9.17, 15) is 4.79 Å². The molecule has 0 aromatic heterocycles. The maximum Gasteiger partial charge on any atom is 0.330 e. The lowest BCUT2D eigenvalue weighted by Gasteiger charge is -2.35. The topological polar surface area (TPSA) is 50.7 Å². The molecule has 5 heteroatoms. The van der Waals surface area contributed by atoms with Gasteiger partial charge in [-0.1, -0.05) is 18.7 Å². The Morgan fingerprint density at radius 3 is 3.00 bits per heavy atom. The summed E-state index contributed by atoms with van der Waals surface area (Å²) in [5.74, 6) is 0.753. The van der Waals surface area contributed by atoms with Crippen LogP contribution in [0.2, 0.25) is 0 Å². The standard InChI is InChI=1S/C11H20N2O2S/c1-5-11(3)6-7-16-10(13-11)12-8(2)9(14)15-4/h8H,5-7H2,1-4H3,(H,12,13). The number of hydrogen-bond donors (Lipinski definition) is 1. The maximum atomic E-state index is 11.3. The van der Waals surface area contributed by atoms with Gasteiger partial charge in [0.15, 0.2) is 5.17 Å². The van der Waals surface area contributed by atoms with E-state index in [1.54, 1.807) is 18.7 Å². The zero-order valence-corrected chi connectivity index (χ0v) is 11.2. The van der Waals surface area contributed by atoms with Gasteiger partial charge < -0.3 is 10.1 Å². The summed E-state index contributed by atoms with van der Waals surface area (Å²) in [5, 5.41) is 4.25. The van der Waals surface area contributed by atoms with Crippen molar-refractivity contribution in [3.63, 3.8) is 0 Å². The fraction of sp³-hybridized carbons (Fsp3) is 0.818. The van der Waals surface area contributed by atoms with Crippen molar-refractivity contribution in [3.05, 3.63) is 0 Å². The number of rotatable bonds is 3. The van der Waals surface area contributed by atoms with Gasteiger partial charge in [-0.25, -0.2) is 9.79 Å². The Morgan fingerprint density at radius 2 is 2.44 bits per heavy atom. The fourth-order valence-corrected chi connectivity index (χ4v) is 2.76. The molecule has 1 rings (SSSR count). The van der Waals surface area contributed by atoms with Crippen LogP contribution in [-0.2, 0) is 9.53 Å². The Hall–Kier alpha value is -0.710. The first-order chi connectivity index (χ1) is 7.50. The number of thioether (sulfide) groups is 1. The van der Waals surface area contributed by atoms with Crippen LogP contribution in [-0.4, -0.2) is 35.6 Å². The van der Waals surface area contributed by atoms with Crippen molar-refractivity contribution in [2.75, 3.05) is 12.9 Å². The minimum atomic E-state index is -0.431. The van der Waals surface area contributed by atoms with Gasteiger partial charge in [0.1, 0.15) is 6.04 Å². The minimum Gasteiger partial charge on any atom is -0.467 e. The number of ether oxygens (including phenoxy) is 1. The highest BCUT2D eigenvalue weighted by Crippen LogP contribution is 2.25. The lowest BCUT2D eigenvalue weighted by molar-refractivity contribution is -0.141. The van der Waals surface area contributed by atoms with Crippen molar-refractivity contribution in [2.24, 2.45) is 4.99 Å². The van der Waals surface area contributed by atoms with Crippen LogP contribution < -0.4 is 5.32 Å². The summed E-state index contributed by atoms with van der Waals surface area (Å²) >= 11 is 1.67. The van der Waals surface area contributed by atoms with Gasteiger partial charge in [-0.15, -0.1) is 0 Å². The van der Waals surface area contributed by atoms with Gasteiger partial charge in [0, 0.05) is 11.3 Å². The van der Waals surface area contributed by atoms with E-state index in [1.807, 2.05) is 0 Å². The third kappa shape index (κ3) is 3.40. The number of nitrogens with zero attached hydrogens (tertiary/aromatic N) is 1. The van der Waals surface area contributed by atoms with Gasteiger partial charge in [0.05, 0.1) is 7.11 Å². The van der Waals surface area contributed by atoms with Crippen molar-refractivity contribution in [3.8, 4) is 0 Å². The monoisotopic (exact) mass is 244 g/mol. The van der Waals surface area contributed by atoms with Crippen LogP contribution in [0.4, 0.5) is 0 Å². The molecule has 0 aliphatic carbocycles. The summed E-state index contributed by atoms with van der Waals surface area (Å²) < 4.78 is 4.65. The molecule has 0 bridgehead atoms. The molecule has 0 radical (unpaired) electrons. The van der Waals surface area contributed by atoms with Crippen LogP contribution in [0.25, 0.3) is 0 Å². The highest BCUT2D eigenvalue weighted by Gasteiger charge is 2.28. The predicted molar refractivity (Wildman–Crippen MR) is 67.8 cm³/mol. The average molecular weight is 244 g/mol. The van der Waals surface area contributed by atoms with Crippen LogP contribution in [0.1, 0.15) is 33.6 Å². The van der Waals surface area contributed by atoms with Crippen LogP contribution in [0.5, 0.6) is 0 Å². The third-order valence-electron chi connectivity index (χ3n) is 2.93. The van der Waals surface area contributed by atoms with E-state index in [4.69, 9.17) is 0 Å². The second-order valence-electron chi connectivity index (χ2n) is 4.27. The summed E-state index contributed by atoms with van der Waals surface area (Å²) in [7, 11) is 1.39. The van der Waals surface area contributed by atoms with Gasteiger partial charge in [-0.05, 0) is 26.7 Å². The quantitative estimate of drug-likeness (QED) is 0.769. The maximum absolute atomic E-state index is 11.3. The van der Waals surface area contributed by atoms with Gasteiger partial charge in [0.2, 0.25) is 0 Å². The number of carbonyl (C=O) groups excluding carboxylic acids is 1. The van der Waals surface area contributed by atoms with Crippen molar-refractivity contribution >= 4 is 22.9 Å². The number of esters is 1. The molecule has 0 spiro atoms. The molecule has 0 saturated carbocycles. The van der Waals surface area contributed by atoms with Crippen LogP contribution in [0.15, 0.2) is 4.99 Å². The number of amidine groups is 1. The van der Waals surface area contributed by atoms with E-state index in [0.29, 0.717) is 0 Å². The van der Waals surface area contributed by atoms with Gasteiger partial charge in [0.25, 0.3) is 0 Å². The highest BCUT2D eigenvalue weighted by atomic mass is 32.2. The van der Waals surface area contributed by atoms with Gasteiger partial charge in [-0.2, -0.15) is 0 Å². The average Bonchev–Trinajstić information content (AvgIpc) is 2.28. The Kier molecular flexibility index (Phi) is 4.65. The normalized spacial score (nSPS) is 29.6. The number of hydrogen-bond acceptors (Lipinski definition) is 4. The third-order valence-corrected chi connectivity index (χ3v) is 3.82. The van der Waals surface area contributed by atoms with E-state index in [1.165, 1.54) is 7.11 Å². The number of nitrogens with one attached hydrogen (secondary N) is 1. The van der Waals surface area contributed by atoms with E-state index in [2.05, 4.69) is 28.9 Å². The van der Waals surface area contributed by atoms with E-state index in [-0.39, 0.29) is 11.5 Å². The molecule has 0 amide bonds. The number of carbonyl (C=O) groups is 1. The Bertz CT molecular complexity index is 294. The first-order valence-corrected chi connectivity index (χ1v) is 6.56. The van der Waals surface area contributed by atoms with E-state index in [0.717, 1.165) is 23.8 Å². The highest BCUT2D eigenvalue weighted by molar-refractivity contribution is 8.13. The van der Waals surface area contributed by atoms with Crippen LogP contribution >= 0.6 is 11.8 Å². The fourth-order valence-electron chi connectivity index (χ4n) is 1.46. The smallest absolute Gasteiger partial charge is 0.330 e. The van der Waals surface area contributed by atoms with Gasteiger partial charge in [-0.3, -0.25) is 0 Å². The Morgan fingerprint density at radius 1 is 1.75 bits per heavy atom. The molecule has 0 aromatic carbocycles. The first kappa shape index (κ1) is 13.4. The van der Waals surface area contributed by atoms with E-state index >= 15 is 0 Å². The zero-order chi connectivity index (χ0) is 12.2. The molecule has 2 unspecified atom stereocenters. The lowest BCUT2D eigenvalue weighted by Crippen LogP contribution is -2.48. The summed E-state index contributed by atoms with van der Waals surface area (Å²) in [4.78, 5) is 15.6. The Labute approximate surface area is 101 Å². The molecule has 2 atom stereocenters. The minimum absolute atomic E-state index is 0.111. The van der Waals surface area contributed by atoms with Crippen molar-refractivity contribution in [2.45, 2.75) is 45.2 Å². The molecule has 16 heavy (non-hydrogen) atoms. The SMILES string of the molecule is CCC1(C)CCSC(=NC(C)C(=O)OC)N1. The molecule has 92 valence electrons. The van der Waals surface area contributed by atoms with Crippen LogP contribution in [0.3, 0.4) is 0 Å². The molecule has 4 nitrogen and oxygen atoms in total. The largest absolute Gasteiger partial charge is 0.467 e. The molecule has 1 aliphatic heterocycles. The van der Waals surface area contributed by atoms with Crippen molar-refractivity contribution < 1.29 is 9.53 Å². The molecule has 1 fully saturated rings. The molecule has 1 heterocycles. The molecule has 1 saturated heterocycles. The summed E-state index contributed by atoms with van der Waals surface area (Å²) in [5.41, 5.74) is 0.111. The molecule has 1 N–H and O–H groups in total. The summed E-state index contributed by atoms with van der Waals surface area (Å²) in [6, 6.07) is -0.431. The summed E-state index contributed by atoms with van der Waals surface area (Å²) in [6.07, 6.45) is 2.18. The second-order valence-corrected chi connectivity index (χ2v) is 5.35. The lowest BCUT2D eigenvalue weighted by atomic mass is 9.96. The molecule has 0 aromatic rings. The Balaban J connectivity index is 2.66. The molecular weight excluding hydrogens is 224 g/mol. The zero-order valence-electron chi connectivity index (χ0n) is 10.4. The molecular formula is C11H20N2O2S. The van der Waals surface area contributed by atoms with Gasteiger partial charge >= 0.3 is 5.97 Å². The van der Waals surface area contributed by atoms with Crippen molar-refractivity contribution in [1.82, 2.24) is 5.32 Å². The van der Waals surface area contributed by atoms with Crippen molar-refractivity contribution in [1.29, 1.82) is 0 Å². The number of methoxy groups -OCH3 is 1. The van der Waals surface area contributed by atoms with E-state index < -0.39 is 6.04 Å². The molecule has 1 aliphatic rings. The number of aliphatic imine (C=N–C) groups is 1. The second kappa shape index (κ2) is 5.57. The summed E-state index contributed by atoms with van der Waals surface area (Å²) in [6.45, 7) is 6.09.